The fraction of sp³-hybridized carbons (Fsp3) is 0.471. The van der Waals surface area contributed by atoms with Crippen molar-refractivity contribution in [1.29, 1.82) is 0 Å². The van der Waals surface area contributed by atoms with Crippen molar-refractivity contribution in [1.82, 2.24) is 0 Å². The molecule has 4 rings (SSSR count). The molecule has 0 bridgehead atoms. The second-order valence-electron chi connectivity index (χ2n) is 13.2. The molecule has 186 valence electrons. The first-order valence-electron chi connectivity index (χ1n) is 12.9. The summed E-state index contributed by atoms with van der Waals surface area (Å²) in [7, 11) is 0. The van der Waals surface area contributed by atoms with Gasteiger partial charge < -0.3 is 0 Å². The van der Waals surface area contributed by atoms with E-state index in [9.17, 15) is 0 Å². The number of hydrogen-bond acceptors (Lipinski definition) is 0. The molecule has 0 amide bonds. The van der Waals surface area contributed by atoms with Crippen molar-refractivity contribution in [3.63, 3.8) is 0 Å². The Morgan fingerprint density at radius 1 is 0.743 bits per heavy atom. The number of fused-ring (bicyclic) bond motifs is 3. The molecule has 0 spiro atoms. The summed E-state index contributed by atoms with van der Waals surface area (Å²) in [6.07, 6.45) is 7.65. The number of benzene rings is 2. The number of rotatable bonds is 0. The van der Waals surface area contributed by atoms with E-state index in [4.69, 9.17) is 0 Å². The molecule has 0 N–H and O–H groups in total. The van der Waals surface area contributed by atoms with E-state index in [2.05, 4.69) is 144 Å². The summed E-state index contributed by atoms with van der Waals surface area (Å²) in [6, 6.07) is 16.2. The molecule has 0 radical (unpaired) electrons. The van der Waals surface area contributed by atoms with Crippen LogP contribution in [-0.4, -0.2) is 3.21 Å². The summed E-state index contributed by atoms with van der Waals surface area (Å²) in [5.41, 5.74) is 4.93. The molecule has 1 aliphatic carbocycles. The monoisotopic (exact) mass is 544 g/mol. The van der Waals surface area contributed by atoms with Crippen LogP contribution in [0, 0.1) is 17.4 Å². The van der Waals surface area contributed by atoms with Gasteiger partial charge in [-0.05, 0) is 10.8 Å². The Morgan fingerprint density at radius 2 is 1.14 bits per heavy atom. The van der Waals surface area contributed by atoms with Gasteiger partial charge in [-0.3, -0.25) is 6.08 Å². The van der Waals surface area contributed by atoms with E-state index in [1.165, 1.54) is 41.5 Å². The van der Waals surface area contributed by atoms with Gasteiger partial charge in [-0.15, -0.1) is 39.7 Å². The Kier molecular flexibility index (Phi) is 9.61. The molecule has 0 heterocycles. The molecule has 1 atom stereocenters. The van der Waals surface area contributed by atoms with Gasteiger partial charge in [-0.2, -0.15) is 11.6 Å². The number of hydrogen-bond donors (Lipinski definition) is 0. The quantitative estimate of drug-likeness (QED) is 0.247. The predicted octanol–water partition coefficient (Wildman–Crippen LogP) is 10.0. The van der Waals surface area contributed by atoms with E-state index in [0.29, 0.717) is 11.3 Å². The van der Waals surface area contributed by atoms with Crippen molar-refractivity contribution in [2.45, 2.75) is 93.9 Å². The predicted molar refractivity (Wildman–Crippen MR) is 155 cm³/mol. The zero-order chi connectivity index (χ0) is 26.8. The first-order chi connectivity index (χ1) is 15.9. The normalized spacial score (nSPS) is 15.9. The average molecular weight is 546 g/mol. The van der Waals surface area contributed by atoms with Gasteiger partial charge in [0.2, 0.25) is 0 Å². The molecule has 0 aliphatic heterocycles. The van der Waals surface area contributed by atoms with E-state index in [1.807, 2.05) is 0 Å². The van der Waals surface area contributed by atoms with Gasteiger partial charge in [0.1, 0.15) is 0 Å². The average Bonchev–Trinajstić information content (AvgIpc) is 3.29. The molecule has 0 saturated carbocycles. The summed E-state index contributed by atoms with van der Waals surface area (Å²) < 4.78 is 1.51. The maximum atomic E-state index is 3.26. The molecule has 3 aromatic carbocycles. The molecule has 35 heavy (non-hydrogen) atoms. The summed E-state index contributed by atoms with van der Waals surface area (Å²) in [6.45, 7) is 26.7. The zero-order valence-electron chi connectivity index (χ0n) is 24.3. The Bertz CT molecular complexity index is 1150. The van der Waals surface area contributed by atoms with Crippen LogP contribution in [0.15, 0.2) is 60.2 Å². The van der Waals surface area contributed by atoms with E-state index >= 15 is 0 Å². The molecule has 0 saturated heterocycles. The van der Waals surface area contributed by atoms with Gasteiger partial charge >= 0.3 is 41.3 Å². The van der Waals surface area contributed by atoms with Crippen molar-refractivity contribution >= 4 is 24.8 Å². The van der Waals surface area contributed by atoms with Gasteiger partial charge in [-0.1, -0.05) is 116 Å². The fourth-order valence-electron chi connectivity index (χ4n) is 4.01. The van der Waals surface area contributed by atoms with E-state index < -0.39 is 0 Å². The molecule has 1 aliphatic rings. The van der Waals surface area contributed by atoms with Gasteiger partial charge in [0, 0.05) is 0 Å². The van der Waals surface area contributed by atoms with E-state index in [-0.39, 0.29) is 10.8 Å². The molecule has 1 heteroatoms. The second-order valence-corrected chi connectivity index (χ2v) is 15.7. The Balaban J connectivity index is 0.000000257. The number of allylic oxidation sites excluding steroid dienone is 4. The summed E-state index contributed by atoms with van der Waals surface area (Å²) in [5, 5.41) is 5.48. The van der Waals surface area contributed by atoms with Crippen LogP contribution < -0.4 is 0 Å². The van der Waals surface area contributed by atoms with Crippen molar-refractivity contribution in [2.75, 3.05) is 0 Å². The van der Waals surface area contributed by atoms with Crippen LogP contribution in [-0.2, 0) is 35.1 Å². The van der Waals surface area contributed by atoms with E-state index in [0.717, 1.165) is 0 Å². The maximum absolute atomic E-state index is 3.26. The van der Waals surface area contributed by atoms with Gasteiger partial charge in [0.25, 0.3) is 0 Å². The first kappa shape index (κ1) is 29.8. The first-order valence-corrected chi connectivity index (χ1v) is 14.1. The van der Waals surface area contributed by atoms with Crippen LogP contribution in [0.5, 0.6) is 0 Å². The zero-order valence-corrected chi connectivity index (χ0v) is 26.7. The van der Waals surface area contributed by atoms with Gasteiger partial charge in [-0.25, -0.2) is 6.08 Å². The van der Waals surface area contributed by atoms with Crippen molar-refractivity contribution in [3.8, 4) is 0 Å². The third-order valence-electron chi connectivity index (χ3n) is 6.23. The van der Waals surface area contributed by atoms with Crippen molar-refractivity contribution < 1.29 is 24.2 Å². The topological polar surface area (TPSA) is 0 Å². The molecular formula is C34H46Zr. The molecule has 1 unspecified atom stereocenters. The summed E-state index contributed by atoms with van der Waals surface area (Å²) in [4.78, 5) is 0. The third-order valence-corrected chi connectivity index (χ3v) is 6.23. The van der Waals surface area contributed by atoms with Gasteiger partial charge in [0.05, 0.1) is 0 Å². The van der Waals surface area contributed by atoms with Crippen LogP contribution >= 0.6 is 0 Å². The fourth-order valence-corrected chi connectivity index (χ4v) is 4.01. The van der Waals surface area contributed by atoms with Crippen LogP contribution in [0.3, 0.4) is 0 Å². The molecule has 3 aromatic rings. The van der Waals surface area contributed by atoms with Crippen LogP contribution in [0.4, 0.5) is 0 Å². The molecule has 0 nitrogen and oxygen atoms in total. The van der Waals surface area contributed by atoms with Crippen molar-refractivity contribution in [2.24, 2.45) is 11.3 Å². The third kappa shape index (κ3) is 8.56. The Morgan fingerprint density at radius 3 is 1.40 bits per heavy atom. The summed E-state index contributed by atoms with van der Waals surface area (Å²) >= 11 is 1.55. The Hall–Kier alpha value is -1.46. The molecule has 0 aromatic heterocycles. The van der Waals surface area contributed by atoms with Gasteiger partial charge in [0.15, 0.2) is 0 Å². The van der Waals surface area contributed by atoms with Crippen LogP contribution in [0.2, 0.25) is 0 Å². The second kappa shape index (κ2) is 11.3. The summed E-state index contributed by atoms with van der Waals surface area (Å²) in [5.74, 6) is 0.522. The van der Waals surface area contributed by atoms with E-state index in [1.54, 1.807) is 24.2 Å². The van der Waals surface area contributed by atoms with Crippen LogP contribution in [0.25, 0.3) is 21.5 Å². The minimum absolute atomic E-state index is 0.203. The Labute approximate surface area is 230 Å². The molecular weight excluding hydrogens is 500 g/mol. The van der Waals surface area contributed by atoms with Crippen LogP contribution in [0.1, 0.15) is 94.2 Å². The molecule has 0 fully saturated rings. The standard InChI is InChI=1S/C21H25.C10H15.C3H6.Zr/c1-20(2,3)16-7-9-18-14(12-16)11-15-13-17(21(4,5)6)8-10-19(15)18;1-8-5-6-9(7-8)10(2,3)4;1-3-2;/h7-13H,1-6H3;6-8H,1-4H3;1-2H3;/q2*-1;;+2. The minimum atomic E-state index is 0.203. The van der Waals surface area contributed by atoms with Crippen molar-refractivity contribution in [3.05, 3.63) is 77.4 Å². The SMILES string of the molecule is CC(C)(C)c1ccc2c(c1)[cH-]c1cc(C(C)(C)C)ccc12.CC1[C-]=CC(C(C)(C)C)=C1.C[C](C)=[Zr+2].